The number of fused-ring (bicyclic) bond motifs is 3. The lowest BCUT2D eigenvalue weighted by molar-refractivity contribution is -0.122. The number of aromatic nitrogens is 4. The first kappa shape index (κ1) is 25.4. The summed E-state index contributed by atoms with van der Waals surface area (Å²) in [5.41, 5.74) is 1.90. The number of nitrogens with one attached hydrogen (secondary N) is 2. The van der Waals surface area contributed by atoms with E-state index in [4.69, 9.17) is 0 Å². The van der Waals surface area contributed by atoms with Crippen LogP contribution in [0, 0.1) is 6.92 Å². The summed E-state index contributed by atoms with van der Waals surface area (Å²) in [7, 11) is 0. The third-order valence-electron chi connectivity index (χ3n) is 7.08. The molecule has 1 saturated carbocycles. The van der Waals surface area contributed by atoms with E-state index < -0.39 is 5.69 Å². The van der Waals surface area contributed by atoms with E-state index in [1.54, 1.807) is 18.2 Å². The molecular weight excluding hydrogens is 484 g/mol. The normalized spacial score (nSPS) is 13.8. The minimum absolute atomic E-state index is 0.139. The molecule has 1 aliphatic carbocycles. The van der Waals surface area contributed by atoms with Crippen molar-refractivity contribution in [3.63, 3.8) is 0 Å². The molecule has 4 aromatic rings. The van der Waals surface area contributed by atoms with Crippen molar-refractivity contribution in [1.82, 2.24) is 29.4 Å². The smallest absolute Gasteiger partial charge is 0.350 e. The van der Waals surface area contributed by atoms with E-state index in [9.17, 15) is 19.2 Å². The summed E-state index contributed by atoms with van der Waals surface area (Å²) in [6.45, 7) is 4.31. The van der Waals surface area contributed by atoms with Crippen LogP contribution in [0.4, 0.5) is 0 Å². The van der Waals surface area contributed by atoms with E-state index in [0.717, 1.165) is 41.5 Å². The molecule has 2 amide bonds. The lowest BCUT2D eigenvalue weighted by Gasteiger charge is -2.13. The Balaban J connectivity index is 1.50. The van der Waals surface area contributed by atoms with Crippen LogP contribution < -0.4 is 21.9 Å². The average molecular weight is 517 g/mol. The van der Waals surface area contributed by atoms with Gasteiger partial charge < -0.3 is 10.6 Å². The summed E-state index contributed by atoms with van der Waals surface area (Å²) in [4.78, 5) is 52.4. The Kier molecular flexibility index (Phi) is 7.13. The highest BCUT2D eigenvalue weighted by Crippen LogP contribution is 2.19. The number of benzene rings is 2. The topological polar surface area (TPSA) is 120 Å². The molecule has 0 radical (unpaired) electrons. The first-order valence-corrected chi connectivity index (χ1v) is 13.1. The number of rotatable bonds is 8. The Hall–Kier alpha value is -4.21. The molecule has 0 bridgehead atoms. The van der Waals surface area contributed by atoms with Gasteiger partial charge >= 0.3 is 5.69 Å². The SMILES string of the molecule is CCCn1c(=O)c2ccc(C(=O)NC3CCCC3)cc2n2c(=O)n(CC(=O)NCc3ccc(C)cc3)nc12. The second-order valence-electron chi connectivity index (χ2n) is 9.98. The average Bonchev–Trinajstić information content (AvgIpc) is 3.53. The predicted molar refractivity (Wildman–Crippen MR) is 144 cm³/mol. The molecular formula is C28H32N6O4. The Morgan fingerprint density at radius 1 is 1.05 bits per heavy atom. The van der Waals surface area contributed by atoms with Crippen LogP contribution in [0.1, 0.15) is 60.5 Å². The van der Waals surface area contributed by atoms with Crippen molar-refractivity contribution < 1.29 is 9.59 Å². The Morgan fingerprint density at radius 2 is 1.79 bits per heavy atom. The van der Waals surface area contributed by atoms with Crippen molar-refractivity contribution in [3.8, 4) is 0 Å². The molecule has 10 nitrogen and oxygen atoms in total. The van der Waals surface area contributed by atoms with Gasteiger partial charge in [0, 0.05) is 24.7 Å². The first-order chi connectivity index (χ1) is 18.4. The Morgan fingerprint density at radius 3 is 2.50 bits per heavy atom. The highest BCUT2D eigenvalue weighted by molar-refractivity contribution is 5.98. The largest absolute Gasteiger partial charge is 0.352 e. The lowest BCUT2D eigenvalue weighted by atomic mass is 10.1. The first-order valence-electron chi connectivity index (χ1n) is 13.1. The summed E-state index contributed by atoms with van der Waals surface area (Å²) < 4.78 is 3.84. The van der Waals surface area contributed by atoms with Crippen LogP contribution in [0.25, 0.3) is 16.7 Å². The maximum Gasteiger partial charge on any atom is 0.352 e. The minimum Gasteiger partial charge on any atom is -0.350 e. The van der Waals surface area contributed by atoms with Crippen LogP contribution in [0.15, 0.2) is 52.1 Å². The molecule has 38 heavy (non-hydrogen) atoms. The van der Waals surface area contributed by atoms with Gasteiger partial charge in [-0.2, -0.15) is 0 Å². The van der Waals surface area contributed by atoms with Gasteiger partial charge in [-0.25, -0.2) is 13.9 Å². The van der Waals surface area contributed by atoms with Gasteiger partial charge in [0.05, 0.1) is 10.9 Å². The molecule has 0 atom stereocenters. The van der Waals surface area contributed by atoms with Gasteiger partial charge in [-0.3, -0.25) is 19.0 Å². The maximum absolute atomic E-state index is 13.5. The summed E-state index contributed by atoms with van der Waals surface area (Å²) in [6, 6.07) is 12.7. The molecule has 0 aliphatic heterocycles. The third-order valence-corrected chi connectivity index (χ3v) is 7.08. The standard InChI is InChI=1S/C28H32N6O4/c1-3-14-32-26(37)22-13-12-20(25(36)30-21-6-4-5-7-21)15-23(22)34-27(32)31-33(28(34)38)17-24(35)29-16-19-10-8-18(2)9-11-19/h8-13,15,21H,3-7,14,16-17H2,1-2H3,(H,29,35)(H,30,36). The van der Waals surface area contributed by atoms with Gasteiger partial charge in [-0.15, -0.1) is 5.10 Å². The molecule has 1 aliphatic rings. The molecule has 2 aromatic heterocycles. The van der Waals surface area contributed by atoms with Crippen LogP contribution in [-0.2, 0) is 24.4 Å². The predicted octanol–water partition coefficient (Wildman–Crippen LogP) is 2.52. The maximum atomic E-state index is 13.5. The zero-order valence-electron chi connectivity index (χ0n) is 21.7. The van der Waals surface area contributed by atoms with Crippen molar-refractivity contribution in [1.29, 1.82) is 0 Å². The van der Waals surface area contributed by atoms with Crippen molar-refractivity contribution in [2.45, 2.75) is 71.6 Å². The Labute approximate surface area is 219 Å². The van der Waals surface area contributed by atoms with Crippen LogP contribution in [-0.4, -0.2) is 36.6 Å². The molecule has 1 fully saturated rings. The molecule has 0 saturated heterocycles. The number of amides is 2. The van der Waals surface area contributed by atoms with Crippen molar-refractivity contribution in [2.75, 3.05) is 0 Å². The van der Waals surface area contributed by atoms with Gasteiger partial charge in [-0.05, 0) is 49.9 Å². The number of hydrogen-bond acceptors (Lipinski definition) is 5. The van der Waals surface area contributed by atoms with Crippen molar-refractivity contribution >= 4 is 28.5 Å². The van der Waals surface area contributed by atoms with Crippen LogP contribution >= 0.6 is 0 Å². The number of carbonyl (C=O) groups is 2. The zero-order valence-corrected chi connectivity index (χ0v) is 21.7. The number of carbonyl (C=O) groups excluding carboxylic acids is 2. The molecule has 2 heterocycles. The van der Waals surface area contributed by atoms with E-state index in [1.165, 1.54) is 8.97 Å². The second kappa shape index (κ2) is 10.6. The Bertz CT molecular complexity index is 1620. The van der Waals surface area contributed by atoms with Gasteiger partial charge in [0.2, 0.25) is 11.7 Å². The van der Waals surface area contributed by atoms with Crippen molar-refractivity contribution in [2.24, 2.45) is 0 Å². The fourth-order valence-electron chi connectivity index (χ4n) is 5.02. The lowest BCUT2D eigenvalue weighted by Crippen LogP contribution is -2.33. The summed E-state index contributed by atoms with van der Waals surface area (Å²) >= 11 is 0. The van der Waals surface area contributed by atoms with Gasteiger partial charge in [0.15, 0.2) is 0 Å². The quantitative estimate of drug-likeness (QED) is 0.373. The molecule has 0 spiro atoms. The second-order valence-corrected chi connectivity index (χ2v) is 9.98. The van der Waals surface area contributed by atoms with E-state index in [1.807, 2.05) is 38.1 Å². The van der Waals surface area contributed by atoms with E-state index in [2.05, 4.69) is 15.7 Å². The van der Waals surface area contributed by atoms with Crippen molar-refractivity contribution in [3.05, 3.63) is 80.0 Å². The fourth-order valence-corrected chi connectivity index (χ4v) is 5.02. The monoisotopic (exact) mass is 516 g/mol. The van der Waals surface area contributed by atoms with E-state index >= 15 is 0 Å². The third kappa shape index (κ3) is 4.98. The highest BCUT2D eigenvalue weighted by atomic mass is 16.2. The molecule has 5 rings (SSSR count). The number of nitrogens with zero attached hydrogens (tertiary/aromatic N) is 4. The summed E-state index contributed by atoms with van der Waals surface area (Å²) in [5, 5.41) is 10.6. The number of aryl methyl sites for hydroxylation is 2. The molecule has 2 aromatic carbocycles. The fraction of sp³-hybridized carbons (Fsp3) is 0.393. The number of hydrogen-bond donors (Lipinski definition) is 2. The molecule has 2 N–H and O–H groups in total. The molecule has 198 valence electrons. The summed E-state index contributed by atoms with van der Waals surface area (Å²) in [5.74, 6) is -0.462. The van der Waals surface area contributed by atoms with E-state index in [0.29, 0.717) is 36.0 Å². The minimum atomic E-state index is -0.548. The van der Waals surface area contributed by atoms with Gasteiger partial charge in [0.1, 0.15) is 6.54 Å². The van der Waals surface area contributed by atoms with Gasteiger partial charge in [-0.1, -0.05) is 49.6 Å². The van der Waals surface area contributed by atoms with Gasteiger partial charge in [0.25, 0.3) is 11.5 Å². The molecule has 10 heteroatoms. The van der Waals surface area contributed by atoms with E-state index in [-0.39, 0.29) is 35.7 Å². The van der Waals surface area contributed by atoms with Crippen LogP contribution in [0.2, 0.25) is 0 Å². The highest BCUT2D eigenvalue weighted by Gasteiger charge is 2.21. The molecule has 0 unspecified atom stereocenters. The van der Waals surface area contributed by atoms with Crippen LogP contribution in [0.3, 0.4) is 0 Å². The summed E-state index contributed by atoms with van der Waals surface area (Å²) in [6.07, 6.45) is 4.73. The van der Waals surface area contributed by atoms with Crippen LogP contribution in [0.5, 0.6) is 0 Å². The zero-order chi connectivity index (χ0) is 26.8.